The summed E-state index contributed by atoms with van der Waals surface area (Å²) in [7, 11) is 0. The summed E-state index contributed by atoms with van der Waals surface area (Å²) in [5.74, 6) is 0.379. The van der Waals surface area contributed by atoms with Gasteiger partial charge in [0.25, 0.3) is 5.56 Å². The van der Waals surface area contributed by atoms with Crippen molar-refractivity contribution in [3.63, 3.8) is 0 Å². The van der Waals surface area contributed by atoms with Crippen LogP contribution in [0.5, 0.6) is 0 Å². The molecular weight excluding hydrogens is 332 g/mol. The molecule has 0 saturated heterocycles. The molecule has 0 radical (unpaired) electrons. The first-order valence-electron chi connectivity index (χ1n) is 7.00. The predicted octanol–water partition coefficient (Wildman–Crippen LogP) is 2.82. The molecule has 1 aliphatic rings. The molecule has 8 heteroatoms. The third kappa shape index (κ3) is 2.49. The lowest BCUT2D eigenvalue weighted by Gasteiger charge is -2.10. The number of aromatic amines is 1. The van der Waals surface area contributed by atoms with Crippen LogP contribution in [-0.2, 0) is 11.3 Å². The average molecular weight is 344 g/mol. The topological polar surface area (TPSA) is 78.4 Å². The van der Waals surface area contributed by atoms with Crippen LogP contribution in [0.15, 0.2) is 32.8 Å². The lowest BCUT2D eigenvalue weighted by Crippen LogP contribution is -2.23. The van der Waals surface area contributed by atoms with E-state index in [2.05, 4.69) is 15.1 Å². The Hall–Kier alpha value is -2.32. The van der Waals surface area contributed by atoms with Crippen molar-refractivity contribution >= 4 is 44.5 Å². The molecule has 0 aromatic carbocycles. The molecule has 1 amide bonds. The first-order chi connectivity index (χ1) is 11.1. The minimum absolute atomic E-state index is 0.0734. The summed E-state index contributed by atoms with van der Waals surface area (Å²) in [5, 5.41) is 10.1. The van der Waals surface area contributed by atoms with Gasteiger partial charge in [0.1, 0.15) is 17.2 Å². The fraction of sp³-hybridized carbons (Fsp3) is 0.200. The van der Waals surface area contributed by atoms with Crippen LogP contribution in [0.3, 0.4) is 0 Å². The molecule has 0 saturated carbocycles. The normalized spacial score (nSPS) is 14.7. The van der Waals surface area contributed by atoms with E-state index in [4.69, 9.17) is 0 Å². The summed E-state index contributed by atoms with van der Waals surface area (Å²) in [5.41, 5.74) is 1.50. The summed E-state index contributed by atoms with van der Waals surface area (Å²) in [4.78, 5) is 33.3. The van der Waals surface area contributed by atoms with Crippen molar-refractivity contribution in [2.75, 3.05) is 0 Å². The third-order valence-electron chi connectivity index (χ3n) is 3.57. The fourth-order valence-electron chi connectivity index (χ4n) is 2.55. The van der Waals surface area contributed by atoms with Crippen LogP contribution >= 0.6 is 22.7 Å². The highest BCUT2D eigenvalue weighted by atomic mass is 32.1. The largest absolute Gasteiger partial charge is 0.308 e. The third-order valence-corrected chi connectivity index (χ3v) is 5.34. The first kappa shape index (κ1) is 14.3. The van der Waals surface area contributed by atoms with Gasteiger partial charge in [0.05, 0.1) is 11.8 Å². The maximum Gasteiger partial charge on any atom is 0.260 e. The van der Waals surface area contributed by atoms with Crippen LogP contribution in [0, 0.1) is 0 Å². The van der Waals surface area contributed by atoms with E-state index in [-0.39, 0.29) is 18.0 Å². The second-order valence-electron chi connectivity index (χ2n) is 5.28. The number of H-pyrrole nitrogens is 1. The van der Waals surface area contributed by atoms with Gasteiger partial charge in [0.15, 0.2) is 0 Å². The van der Waals surface area contributed by atoms with Crippen LogP contribution in [-0.4, -0.2) is 26.6 Å². The molecule has 4 heterocycles. The molecule has 0 fully saturated rings. The number of fused-ring (bicyclic) bond motifs is 1. The van der Waals surface area contributed by atoms with Crippen LogP contribution in [0.25, 0.3) is 20.7 Å². The first-order valence-corrected chi connectivity index (χ1v) is 8.76. The van der Waals surface area contributed by atoms with Gasteiger partial charge in [-0.1, -0.05) is 6.07 Å². The molecule has 23 heavy (non-hydrogen) atoms. The predicted molar refractivity (Wildman–Crippen MR) is 91.8 cm³/mol. The molecule has 1 aliphatic heterocycles. The SMILES string of the molecule is CC1=NN(Cc2nc3scc(-c4cccs4)c3c(=O)[nH]2)C(=O)C1. The van der Waals surface area contributed by atoms with E-state index in [0.29, 0.717) is 22.5 Å². The fourth-order valence-corrected chi connectivity index (χ4v) is 4.34. The minimum Gasteiger partial charge on any atom is -0.308 e. The van der Waals surface area contributed by atoms with Gasteiger partial charge >= 0.3 is 0 Å². The maximum absolute atomic E-state index is 12.5. The highest BCUT2D eigenvalue weighted by molar-refractivity contribution is 7.18. The average Bonchev–Trinajstić information content (AvgIpc) is 3.19. The number of amides is 1. The Balaban J connectivity index is 1.74. The van der Waals surface area contributed by atoms with E-state index < -0.39 is 0 Å². The van der Waals surface area contributed by atoms with Crippen LogP contribution in [0.4, 0.5) is 0 Å². The van der Waals surface area contributed by atoms with E-state index in [0.717, 1.165) is 16.2 Å². The monoisotopic (exact) mass is 344 g/mol. The molecular formula is C15H12N4O2S2. The zero-order chi connectivity index (χ0) is 16.0. The van der Waals surface area contributed by atoms with Gasteiger partial charge in [-0.05, 0) is 18.4 Å². The van der Waals surface area contributed by atoms with Gasteiger partial charge in [-0.2, -0.15) is 5.10 Å². The number of hydrogen-bond donors (Lipinski definition) is 1. The van der Waals surface area contributed by atoms with Crippen molar-refractivity contribution in [1.82, 2.24) is 15.0 Å². The maximum atomic E-state index is 12.5. The van der Waals surface area contributed by atoms with E-state index in [9.17, 15) is 9.59 Å². The standard InChI is InChI=1S/C15H12N4O2S2/c1-8-5-12(20)19(18-8)6-11-16-14(21)13-9(7-23-15(13)17-11)10-3-2-4-22-10/h2-4,7H,5-6H2,1H3,(H,16,17,21). The Bertz CT molecular complexity index is 985. The summed E-state index contributed by atoms with van der Waals surface area (Å²) < 4.78 is 0. The molecule has 1 N–H and O–H groups in total. The zero-order valence-electron chi connectivity index (χ0n) is 12.2. The summed E-state index contributed by atoms with van der Waals surface area (Å²) >= 11 is 3.03. The van der Waals surface area contributed by atoms with Crippen molar-refractivity contribution in [3.05, 3.63) is 39.1 Å². The van der Waals surface area contributed by atoms with Gasteiger partial charge in [-0.15, -0.1) is 22.7 Å². The van der Waals surface area contributed by atoms with Crippen molar-refractivity contribution in [2.24, 2.45) is 5.10 Å². The number of aromatic nitrogens is 2. The molecule has 3 aromatic rings. The summed E-state index contributed by atoms with van der Waals surface area (Å²) in [6, 6.07) is 3.94. The van der Waals surface area contributed by atoms with Crippen LogP contribution in [0.1, 0.15) is 19.2 Å². The van der Waals surface area contributed by atoms with Crippen LogP contribution in [0.2, 0.25) is 0 Å². The van der Waals surface area contributed by atoms with E-state index >= 15 is 0 Å². The molecule has 0 aliphatic carbocycles. The molecule has 4 rings (SSSR count). The second kappa shape index (κ2) is 5.39. The summed E-state index contributed by atoms with van der Waals surface area (Å²) in [6.07, 6.45) is 0.327. The van der Waals surface area contributed by atoms with E-state index in [1.54, 1.807) is 11.3 Å². The molecule has 3 aromatic heterocycles. The van der Waals surface area contributed by atoms with Gasteiger partial charge in [0.2, 0.25) is 5.91 Å². The van der Waals surface area contributed by atoms with E-state index in [1.165, 1.54) is 16.3 Å². The number of nitrogens with one attached hydrogen (secondary N) is 1. The quantitative estimate of drug-likeness (QED) is 0.793. The molecule has 0 unspecified atom stereocenters. The minimum atomic E-state index is -0.179. The number of hydrogen-bond acceptors (Lipinski definition) is 6. The van der Waals surface area contributed by atoms with Crippen molar-refractivity contribution in [2.45, 2.75) is 19.9 Å². The van der Waals surface area contributed by atoms with E-state index in [1.807, 2.05) is 29.8 Å². The van der Waals surface area contributed by atoms with Crippen molar-refractivity contribution in [3.8, 4) is 10.4 Å². The van der Waals surface area contributed by atoms with Crippen LogP contribution < -0.4 is 5.56 Å². The lowest BCUT2D eigenvalue weighted by atomic mass is 10.2. The van der Waals surface area contributed by atoms with Gasteiger partial charge < -0.3 is 4.98 Å². The number of carbonyl (C=O) groups is 1. The Morgan fingerprint density at radius 2 is 2.22 bits per heavy atom. The van der Waals surface area contributed by atoms with Gasteiger partial charge in [0, 0.05) is 21.5 Å². The van der Waals surface area contributed by atoms with Crippen molar-refractivity contribution in [1.29, 1.82) is 0 Å². The summed E-state index contributed by atoms with van der Waals surface area (Å²) in [6.45, 7) is 2.00. The molecule has 0 atom stereocenters. The number of hydrazone groups is 1. The number of nitrogens with zero attached hydrogens (tertiary/aromatic N) is 3. The van der Waals surface area contributed by atoms with Gasteiger partial charge in [-0.3, -0.25) is 9.59 Å². The number of thiophene rings is 2. The van der Waals surface area contributed by atoms with Gasteiger partial charge in [-0.25, -0.2) is 9.99 Å². The molecule has 0 spiro atoms. The molecule has 0 bridgehead atoms. The zero-order valence-corrected chi connectivity index (χ0v) is 13.8. The Morgan fingerprint density at radius 1 is 1.35 bits per heavy atom. The number of carbonyl (C=O) groups excluding carboxylic acids is 1. The van der Waals surface area contributed by atoms with Crippen molar-refractivity contribution < 1.29 is 4.79 Å². The Labute approximate surface area is 139 Å². The molecule has 116 valence electrons. The smallest absolute Gasteiger partial charge is 0.260 e. The molecule has 6 nitrogen and oxygen atoms in total. The second-order valence-corrected chi connectivity index (χ2v) is 7.09. The lowest BCUT2D eigenvalue weighted by molar-refractivity contribution is -0.129. The number of rotatable bonds is 3. The Morgan fingerprint density at radius 3 is 2.91 bits per heavy atom. The highest BCUT2D eigenvalue weighted by Crippen LogP contribution is 2.33. The Kier molecular flexibility index (Phi) is 3.35. The highest BCUT2D eigenvalue weighted by Gasteiger charge is 2.22.